The monoisotopic (exact) mass is 672 g/mol. The molecule has 0 aromatic heterocycles. The molecule has 0 bridgehead atoms. The van der Waals surface area contributed by atoms with Crippen LogP contribution in [0, 0.1) is 0 Å². The van der Waals surface area contributed by atoms with Gasteiger partial charge in [0.1, 0.15) is 6.61 Å². The number of carbonyl (C=O) groups is 2. The molecule has 46 heavy (non-hydrogen) atoms. The van der Waals surface area contributed by atoms with E-state index in [0.717, 1.165) is 6.42 Å². The Morgan fingerprint density at radius 1 is 0.304 bits per heavy atom. The van der Waals surface area contributed by atoms with E-state index >= 15 is 0 Å². The molecule has 0 saturated heterocycles. The van der Waals surface area contributed by atoms with Crippen LogP contribution in [-0.2, 0) is 71.2 Å². The van der Waals surface area contributed by atoms with Gasteiger partial charge in [-0.2, -0.15) is 0 Å². The molecule has 0 saturated carbocycles. The summed E-state index contributed by atoms with van der Waals surface area (Å²) in [6.07, 6.45) is 1.47. The van der Waals surface area contributed by atoms with Crippen LogP contribution in [-0.4, -0.2) is 171 Å². The van der Waals surface area contributed by atoms with Crippen molar-refractivity contribution in [2.24, 2.45) is 0 Å². The number of esters is 2. The van der Waals surface area contributed by atoms with Crippen LogP contribution in [0.3, 0.4) is 0 Å². The smallest absolute Gasteiger partial charge is 0.308 e. The molecule has 0 atom stereocenters. The van der Waals surface area contributed by atoms with Gasteiger partial charge < -0.3 is 61.6 Å². The minimum absolute atomic E-state index is 0.192. The first-order chi connectivity index (χ1) is 22.7. The van der Waals surface area contributed by atoms with Gasteiger partial charge in [-0.15, -0.1) is 0 Å². The van der Waals surface area contributed by atoms with E-state index < -0.39 is 0 Å². The maximum absolute atomic E-state index is 11.2. The van der Waals surface area contributed by atoms with Gasteiger partial charge in [0, 0.05) is 6.42 Å². The van der Waals surface area contributed by atoms with Crippen LogP contribution in [0.15, 0.2) is 0 Å². The molecule has 0 aliphatic carbocycles. The van der Waals surface area contributed by atoms with Crippen molar-refractivity contribution in [3.63, 3.8) is 0 Å². The Labute approximate surface area is 274 Å². The van der Waals surface area contributed by atoms with E-state index in [4.69, 9.17) is 61.6 Å². The zero-order valence-corrected chi connectivity index (χ0v) is 28.2. The van der Waals surface area contributed by atoms with Crippen LogP contribution in [0.2, 0.25) is 0 Å². The van der Waals surface area contributed by atoms with E-state index in [9.17, 15) is 9.59 Å². The van der Waals surface area contributed by atoms with Crippen LogP contribution >= 0.6 is 0 Å². The topological polar surface area (TPSA) is 154 Å². The summed E-state index contributed by atoms with van der Waals surface area (Å²) < 4.78 is 69.4. The summed E-state index contributed by atoms with van der Waals surface area (Å²) in [6.45, 7) is 14.6. The summed E-state index contributed by atoms with van der Waals surface area (Å²) in [4.78, 5) is 22.3. The van der Waals surface area contributed by atoms with Crippen LogP contribution < -0.4 is 0 Å². The first-order valence-corrected chi connectivity index (χ1v) is 16.4. The standard InChI is InChI=1S/C31H60O15/c1-3-5-30(32)46-29-28-44-27-26-43-25-24-42-23-22-41-21-20-40-19-18-39-17-16-38-15-14-37-13-12-36-11-10-35-9-8-34-7-6-31(33)45-4-2/h3-29H2,1-2H3. The SMILES string of the molecule is CCCC(=O)OCCOCCOCCOCCOCCOCCOCCOCCOCCOCCOCCOCCC(=O)OCC. The largest absolute Gasteiger partial charge is 0.466 e. The number of ether oxygens (including phenoxy) is 13. The fourth-order valence-electron chi connectivity index (χ4n) is 3.18. The molecule has 0 aliphatic heterocycles. The number of carbonyl (C=O) groups excluding carboxylic acids is 2. The van der Waals surface area contributed by atoms with Crippen molar-refractivity contribution in [1.29, 1.82) is 0 Å². The van der Waals surface area contributed by atoms with Gasteiger partial charge in [0.05, 0.1) is 158 Å². The first kappa shape index (κ1) is 44.5. The lowest BCUT2D eigenvalue weighted by molar-refractivity contribution is -0.146. The molecule has 0 rings (SSSR count). The number of hydrogen-bond acceptors (Lipinski definition) is 15. The highest BCUT2D eigenvalue weighted by atomic mass is 16.6. The predicted molar refractivity (Wildman–Crippen MR) is 166 cm³/mol. The van der Waals surface area contributed by atoms with Gasteiger partial charge in [-0.05, 0) is 13.3 Å². The van der Waals surface area contributed by atoms with Crippen molar-refractivity contribution in [3.05, 3.63) is 0 Å². The molecular formula is C31H60O15. The van der Waals surface area contributed by atoms with Crippen molar-refractivity contribution >= 4 is 11.9 Å². The summed E-state index contributed by atoms with van der Waals surface area (Å²) in [5, 5.41) is 0. The average molecular weight is 673 g/mol. The van der Waals surface area contributed by atoms with Crippen LogP contribution in [0.5, 0.6) is 0 Å². The normalized spacial score (nSPS) is 11.3. The summed E-state index contributed by atoms with van der Waals surface area (Å²) >= 11 is 0. The van der Waals surface area contributed by atoms with E-state index in [1.165, 1.54) is 0 Å². The van der Waals surface area contributed by atoms with Crippen LogP contribution in [0.1, 0.15) is 33.1 Å². The Morgan fingerprint density at radius 3 is 0.804 bits per heavy atom. The molecule has 0 aromatic carbocycles. The van der Waals surface area contributed by atoms with Gasteiger partial charge in [0.2, 0.25) is 0 Å². The molecule has 0 aliphatic rings. The minimum Gasteiger partial charge on any atom is -0.466 e. The molecule has 274 valence electrons. The second kappa shape index (κ2) is 39.7. The average Bonchev–Trinajstić information content (AvgIpc) is 3.04. The minimum atomic E-state index is -0.254. The molecule has 0 amide bonds. The zero-order chi connectivity index (χ0) is 33.4. The number of hydrogen-bond donors (Lipinski definition) is 0. The Bertz CT molecular complexity index is 575. The molecule has 15 heteroatoms. The molecule has 0 aromatic rings. The third-order valence-corrected chi connectivity index (χ3v) is 5.42. The van der Waals surface area contributed by atoms with E-state index in [1.54, 1.807) is 6.92 Å². The number of rotatable bonds is 39. The van der Waals surface area contributed by atoms with Gasteiger partial charge in [-0.25, -0.2) is 0 Å². The lowest BCUT2D eigenvalue weighted by Gasteiger charge is -2.09. The Kier molecular flexibility index (Phi) is 38.4. The zero-order valence-electron chi connectivity index (χ0n) is 28.2. The van der Waals surface area contributed by atoms with Crippen molar-refractivity contribution in [3.8, 4) is 0 Å². The van der Waals surface area contributed by atoms with Gasteiger partial charge in [-0.3, -0.25) is 9.59 Å². The Hall–Kier alpha value is -1.50. The van der Waals surface area contributed by atoms with E-state index in [-0.39, 0.29) is 25.0 Å². The summed E-state index contributed by atoms with van der Waals surface area (Å²) in [6, 6.07) is 0. The molecule has 0 unspecified atom stereocenters. The van der Waals surface area contributed by atoms with E-state index in [2.05, 4.69) is 0 Å². The second-order valence-corrected chi connectivity index (χ2v) is 9.26. The summed E-state index contributed by atoms with van der Waals surface area (Å²) in [5.41, 5.74) is 0. The second-order valence-electron chi connectivity index (χ2n) is 9.26. The van der Waals surface area contributed by atoms with Gasteiger partial charge in [0.15, 0.2) is 0 Å². The molecule has 0 heterocycles. The van der Waals surface area contributed by atoms with Crippen LogP contribution in [0.4, 0.5) is 0 Å². The molecule has 0 N–H and O–H groups in total. The van der Waals surface area contributed by atoms with Crippen molar-refractivity contribution < 1.29 is 71.2 Å². The molecule has 15 nitrogen and oxygen atoms in total. The Morgan fingerprint density at radius 2 is 0.543 bits per heavy atom. The lowest BCUT2D eigenvalue weighted by Crippen LogP contribution is -2.15. The third kappa shape index (κ3) is 38.7. The quantitative estimate of drug-likeness (QED) is 0.0683. The van der Waals surface area contributed by atoms with E-state index in [0.29, 0.717) is 158 Å². The van der Waals surface area contributed by atoms with E-state index in [1.807, 2.05) is 6.92 Å². The third-order valence-electron chi connectivity index (χ3n) is 5.42. The molecular weight excluding hydrogens is 612 g/mol. The fraction of sp³-hybridized carbons (Fsp3) is 0.935. The van der Waals surface area contributed by atoms with Crippen molar-refractivity contribution in [2.45, 2.75) is 33.1 Å². The summed E-state index contributed by atoms with van der Waals surface area (Å²) in [5.74, 6) is -0.446. The van der Waals surface area contributed by atoms with Crippen molar-refractivity contribution in [2.75, 3.05) is 159 Å². The van der Waals surface area contributed by atoms with Crippen LogP contribution in [0.25, 0.3) is 0 Å². The van der Waals surface area contributed by atoms with Gasteiger partial charge >= 0.3 is 11.9 Å². The van der Waals surface area contributed by atoms with Crippen molar-refractivity contribution in [1.82, 2.24) is 0 Å². The lowest BCUT2D eigenvalue weighted by atomic mass is 10.3. The highest BCUT2D eigenvalue weighted by Crippen LogP contribution is 1.92. The molecule has 0 spiro atoms. The highest BCUT2D eigenvalue weighted by Gasteiger charge is 2.01. The highest BCUT2D eigenvalue weighted by molar-refractivity contribution is 5.69. The van der Waals surface area contributed by atoms with Gasteiger partial charge in [-0.1, -0.05) is 6.92 Å². The maximum atomic E-state index is 11.2. The Balaban J connectivity index is 3.08. The fourth-order valence-corrected chi connectivity index (χ4v) is 3.18. The molecule has 0 fully saturated rings. The molecule has 0 radical (unpaired) electrons. The first-order valence-electron chi connectivity index (χ1n) is 16.4. The maximum Gasteiger partial charge on any atom is 0.308 e. The summed E-state index contributed by atoms with van der Waals surface area (Å²) in [7, 11) is 0. The van der Waals surface area contributed by atoms with Gasteiger partial charge in [0.25, 0.3) is 0 Å². The predicted octanol–water partition coefficient (Wildman–Crippen LogP) is 1.47.